The molecule has 0 spiro atoms. The van der Waals surface area contributed by atoms with Gasteiger partial charge in [-0.3, -0.25) is 9.59 Å². The molecule has 2 rings (SSSR count). The Morgan fingerprint density at radius 1 is 1.36 bits per heavy atom. The van der Waals surface area contributed by atoms with Gasteiger partial charge >= 0.3 is 12.1 Å². The Labute approximate surface area is 127 Å². The van der Waals surface area contributed by atoms with Crippen LogP contribution < -0.4 is 0 Å². The smallest absolute Gasteiger partial charge is 0.433 e. The molecule has 5 nitrogen and oxygen atoms in total. The maximum absolute atomic E-state index is 12.7. The van der Waals surface area contributed by atoms with Crippen molar-refractivity contribution in [1.29, 1.82) is 0 Å². The van der Waals surface area contributed by atoms with Crippen molar-refractivity contribution in [2.45, 2.75) is 13.1 Å². The quantitative estimate of drug-likeness (QED) is 0.938. The summed E-state index contributed by atoms with van der Waals surface area (Å²) in [4.78, 5) is 27.6. The van der Waals surface area contributed by atoms with E-state index in [9.17, 15) is 22.8 Å². The molecule has 0 radical (unpaired) electrons. The van der Waals surface area contributed by atoms with Crippen LogP contribution in [0, 0.1) is 6.92 Å². The SMILES string of the molecule is Cc1c(C(=O)N(C)CC(=O)O)sc2nc(C(F)(F)F)ccc12. The summed E-state index contributed by atoms with van der Waals surface area (Å²) in [6.07, 6.45) is -4.56. The van der Waals surface area contributed by atoms with Gasteiger partial charge in [0.1, 0.15) is 17.1 Å². The number of likely N-dealkylation sites (N-methyl/N-ethyl adjacent to an activating group) is 1. The highest BCUT2D eigenvalue weighted by molar-refractivity contribution is 7.20. The number of nitrogens with zero attached hydrogens (tertiary/aromatic N) is 2. The van der Waals surface area contributed by atoms with E-state index in [0.717, 1.165) is 22.3 Å². The molecule has 0 saturated heterocycles. The fourth-order valence-electron chi connectivity index (χ4n) is 1.91. The summed E-state index contributed by atoms with van der Waals surface area (Å²) in [5.74, 6) is -1.73. The first kappa shape index (κ1) is 16.2. The third-order valence-corrected chi connectivity index (χ3v) is 4.20. The number of carbonyl (C=O) groups is 2. The first-order valence-corrected chi connectivity index (χ1v) is 6.87. The first-order chi connectivity index (χ1) is 10.1. The number of carboxylic acids is 1. The summed E-state index contributed by atoms with van der Waals surface area (Å²) in [6, 6.07) is 2.13. The molecular weight excluding hydrogens is 321 g/mol. The summed E-state index contributed by atoms with van der Waals surface area (Å²) < 4.78 is 38.0. The topological polar surface area (TPSA) is 70.5 Å². The van der Waals surface area contributed by atoms with E-state index in [1.54, 1.807) is 6.92 Å². The van der Waals surface area contributed by atoms with Gasteiger partial charge in [-0.25, -0.2) is 4.98 Å². The highest BCUT2D eigenvalue weighted by Crippen LogP contribution is 2.34. The molecule has 0 fully saturated rings. The summed E-state index contributed by atoms with van der Waals surface area (Å²) >= 11 is 0.822. The number of alkyl halides is 3. The first-order valence-electron chi connectivity index (χ1n) is 6.06. The lowest BCUT2D eigenvalue weighted by molar-refractivity contribution is -0.141. The molecule has 2 heterocycles. The van der Waals surface area contributed by atoms with Gasteiger partial charge < -0.3 is 10.0 Å². The summed E-state index contributed by atoms with van der Waals surface area (Å²) in [5.41, 5.74) is -0.539. The van der Waals surface area contributed by atoms with Gasteiger partial charge in [-0.15, -0.1) is 11.3 Å². The van der Waals surface area contributed by atoms with Crippen LogP contribution in [0.2, 0.25) is 0 Å². The van der Waals surface area contributed by atoms with Crippen molar-refractivity contribution in [3.63, 3.8) is 0 Å². The molecule has 0 saturated carbocycles. The van der Waals surface area contributed by atoms with E-state index in [1.807, 2.05) is 0 Å². The zero-order valence-corrected chi connectivity index (χ0v) is 12.4. The number of rotatable bonds is 3. The second-order valence-corrected chi connectivity index (χ2v) is 5.66. The predicted octanol–water partition coefficient (Wildman–Crippen LogP) is 2.78. The van der Waals surface area contributed by atoms with Crippen molar-refractivity contribution < 1.29 is 27.9 Å². The number of aromatic nitrogens is 1. The normalized spacial score (nSPS) is 11.7. The Hall–Kier alpha value is -2.16. The maximum Gasteiger partial charge on any atom is 0.433 e. The van der Waals surface area contributed by atoms with Gasteiger partial charge in [0.15, 0.2) is 0 Å². The van der Waals surface area contributed by atoms with Crippen LogP contribution in [0.4, 0.5) is 13.2 Å². The fraction of sp³-hybridized carbons (Fsp3) is 0.308. The second-order valence-electron chi connectivity index (χ2n) is 4.66. The molecule has 22 heavy (non-hydrogen) atoms. The number of hydrogen-bond donors (Lipinski definition) is 1. The molecule has 1 amide bonds. The van der Waals surface area contributed by atoms with Crippen LogP contribution in [0.15, 0.2) is 12.1 Å². The van der Waals surface area contributed by atoms with Crippen molar-refractivity contribution in [3.05, 3.63) is 28.3 Å². The van der Waals surface area contributed by atoms with E-state index in [4.69, 9.17) is 5.11 Å². The van der Waals surface area contributed by atoms with Crippen LogP contribution in [0.25, 0.3) is 10.2 Å². The molecular formula is C13H11F3N2O3S. The lowest BCUT2D eigenvalue weighted by Gasteiger charge is -2.13. The third-order valence-electron chi connectivity index (χ3n) is 3.01. The van der Waals surface area contributed by atoms with E-state index >= 15 is 0 Å². The van der Waals surface area contributed by atoms with E-state index in [-0.39, 0.29) is 9.71 Å². The average molecular weight is 332 g/mol. The minimum Gasteiger partial charge on any atom is -0.480 e. The fourth-order valence-corrected chi connectivity index (χ4v) is 3.08. The summed E-state index contributed by atoms with van der Waals surface area (Å²) in [5, 5.41) is 9.14. The van der Waals surface area contributed by atoms with Gasteiger partial charge in [0.05, 0.1) is 4.88 Å². The number of fused-ring (bicyclic) bond motifs is 1. The number of amides is 1. The van der Waals surface area contributed by atoms with E-state index in [1.165, 1.54) is 13.1 Å². The standard InChI is InChI=1S/C13H11F3N2O3S/c1-6-7-3-4-8(13(14,15)16)17-11(7)22-10(6)12(21)18(2)5-9(19)20/h3-4H,5H2,1-2H3,(H,19,20). The molecule has 1 N–H and O–H groups in total. The molecule has 0 aliphatic rings. The van der Waals surface area contributed by atoms with Gasteiger partial charge in [0, 0.05) is 12.4 Å². The molecule has 9 heteroatoms. The number of hydrogen-bond acceptors (Lipinski definition) is 4. The number of aliphatic carboxylic acids is 1. The Kier molecular flexibility index (Phi) is 4.10. The molecule has 0 aliphatic carbocycles. The molecule has 2 aromatic heterocycles. The summed E-state index contributed by atoms with van der Waals surface area (Å²) in [6.45, 7) is 1.10. The molecule has 0 atom stereocenters. The molecule has 0 aliphatic heterocycles. The molecule has 0 bridgehead atoms. The zero-order chi connectivity index (χ0) is 16.7. The van der Waals surface area contributed by atoms with Crippen LogP contribution in [-0.2, 0) is 11.0 Å². The van der Waals surface area contributed by atoms with E-state index < -0.39 is 30.3 Å². The lowest BCUT2D eigenvalue weighted by atomic mass is 10.1. The monoisotopic (exact) mass is 332 g/mol. The van der Waals surface area contributed by atoms with Crippen LogP contribution in [0.5, 0.6) is 0 Å². The largest absolute Gasteiger partial charge is 0.480 e. The number of halogens is 3. The second kappa shape index (κ2) is 5.56. The highest BCUT2D eigenvalue weighted by Gasteiger charge is 2.33. The van der Waals surface area contributed by atoms with Gasteiger partial charge in [0.25, 0.3) is 5.91 Å². The number of thiophene rings is 1. The number of aryl methyl sites for hydroxylation is 1. The van der Waals surface area contributed by atoms with Crippen molar-refractivity contribution in [2.75, 3.05) is 13.6 Å². The molecule has 0 unspecified atom stereocenters. The van der Waals surface area contributed by atoms with Gasteiger partial charge in [0.2, 0.25) is 0 Å². The van der Waals surface area contributed by atoms with E-state index in [2.05, 4.69) is 4.98 Å². The molecule has 118 valence electrons. The Balaban J connectivity index is 2.46. The van der Waals surface area contributed by atoms with Gasteiger partial charge in [-0.2, -0.15) is 13.2 Å². The number of carboxylic acid groups (broad SMARTS) is 1. The minimum absolute atomic E-state index is 0.0967. The Bertz CT molecular complexity index is 755. The van der Waals surface area contributed by atoms with Gasteiger partial charge in [-0.05, 0) is 24.6 Å². The predicted molar refractivity (Wildman–Crippen MR) is 74.0 cm³/mol. The van der Waals surface area contributed by atoms with E-state index in [0.29, 0.717) is 10.9 Å². The van der Waals surface area contributed by atoms with Crippen LogP contribution in [0.1, 0.15) is 20.9 Å². The van der Waals surface area contributed by atoms with Crippen molar-refractivity contribution >= 4 is 33.4 Å². The number of carbonyl (C=O) groups excluding carboxylic acids is 1. The number of pyridine rings is 1. The zero-order valence-electron chi connectivity index (χ0n) is 11.6. The van der Waals surface area contributed by atoms with Crippen LogP contribution in [0.3, 0.4) is 0 Å². The van der Waals surface area contributed by atoms with Crippen LogP contribution >= 0.6 is 11.3 Å². The van der Waals surface area contributed by atoms with Crippen molar-refractivity contribution in [3.8, 4) is 0 Å². The Morgan fingerprint density at radius 2 is 2.00 bits per heavy atom. The van der Waals surface area contributed by atoms with Crippen LogP contribution in [-0.4, -0.2) is 40.5 Å². The summed E-state index contributed by atoms with van der Waals surface area (Å²) in [7, 11) is 1.31. The minimum atomic E-state index is -4.56. The Morgan fingerprint density at radius 3 is 2.55 bits per heavy atom. The van der Waals surface area contributed by atoms with Crippen molar-refractivity contribution in [2.24, 2.45) is 0 Å². The lowest BCUT2D eigenvalue weighted by Crippen LogP contribution is -2.31. The maximum atomic E-state index is 12.7. The average Bonchev–Trinajstić information content (AvgIpc) is 2.73. The molecule has 2 aromatic rings. The third kappa shape index (κ3) is 3.03. The van der Waals surface area contributed by atoms with Crippen molar-refractivity contribution in [1.82, 2.24) is 9.88 Å². The highest BCUT2D eigenvalue weighted by atomic mass is 32.1. The molecule has 0 aromatic carbocycles. The van der Waals surface area contributed by atoms with Gasteiger partial charge in [-0.1, -0.05) is 0 Å².